The molecule has 4 nitrogen and oxygen atoms in total. The van der Waals surface area contributed by atoms with E-state index in [2.05, 4.69) is 21.2 Å². The normalized spacial score (nSPS) is 17.5. The number of halogens is 3. The Morgan fingerprint density at radius 1 is 1.38 bits per heavy atom. The van der Waals surface area contributed by atoms with Gasteiger partial charge in [0.15, 0.2) is 0 Å². The van der Waals surface area contributed by atoms with E-state index in [9.17, 15) is 12.8 Å². The maximum atomic E-state index is 13.8. The van der Waals surface area contributed by atoms with Crippen molar-refractivity contribution in [2.75, 3.05) is 26.7 Å². The van der Waals surface area contributed by atoms with Gasteiger partial charge >= 0.3 is 0 Å². The average Bonchev–Trinajstić information content (AvgIpc) is 2.42. The maximum Gasteiger partial charge on any atom is 0.246 e. The first kappa shape index (κ1) is 18.8. The predicted molar refractivity (Wildman–Crippen MR) is 86.8 cm³/mol. The molecular formula is C13H19BrClFN2O2S. The number of hydrogen-bond acceptors (Lipinski definition) is 3. The summed E-state index contributed by atoms with van der Waals surface area (Å²) >= 11 is 3.18. The van der Waals surface area contributed by atoms with Gasteiger partial charge < -0.3 is 5.32 Å². The van der Waals surface area contributed by atoms with Crippen LogP contribution < -0.4 is 5.32 Å². The molecule has 1 N–H and O–H groups in total. The minimum atomic E-state index is -3.75. The van der Waals surface area contributed by atoms with E-state index >= 15 is 0 Å². The van der Waals surface area contributed by atoms with Gasteiger partial charge in [0, 0.05) is 17.6 Å². The third kappa shape index (κ3) is 4.39. The van der Waals surface area contributed by atoms with E-state index in [1.54, 1.807) is 0 Å². The first-order chi connectivity index (χ1) is 9.45. The Morgan fingerprint density at radius 3 is 2.57 bits per heavy atom. The summed E-state index contributed by atoms with van der Waals surface area (Å²) in [6.45, 7) is 1.78. The van der Waals surface area contributed by atoms with Gasteiger partial charge in [-0.15, -0.1) is 12.4 Å². The molecule has 0 amide bonds. The van der Waals surface area contributed by atoms with Crippen molar-refractivity contribution in [3.05, 3.63) is 28.5 Å². The minimum Gasteiger partial charge on any atom is -0.319 e. The number of benzene rings is 1. The summed E-state index contributed by atoms with van der Waals surface area (Å²) in [5.74, 6) is -0.218. The summed E-state index contributed by atoms with van der Waals surface area (Å²) < 4.78 is 40.7. The van der Waals surface area contributed by atoms with Crippen molar-refractivity contribution in [3.8, 4) is 0 Å². The van der Waals surface area contributed by atoms with Gasteiger partial charge in [0.05, 0.1) is 0 Å². The molecule has 21 heavy (non-hydrogen) atoms. The van der Waals surface area contributed by atoms with Crippen LogP contribution in [0.4, 0.5) is 4.39 Å². The lowest BCUT2D eigenvalue weighted by Crippen LogP contribution is -2.40. The Morgan fingerprint density at radius 2 is 2.00 bits per heavy atom. The number of hydrogen-bond donors (Lipinski definition) is 1. The van der Waals surface area contributed by atoms with E-state index in [0.29, 0.717) is 23.5 Å². The summed E-state index contributed by atoms with van der Waals surface area (Å²) in [6.07, 6.45) is 1.60. The van der Waals surface area contributed by atoms with Crippen LogP contribution in [0.2, 0.25) is 0 Å². The van der Waals surface area contributed by atoms with Gasteiger partial charge in [0.2, 0.25) is 10.0 Å². The van der Waals surface area contributed by atoms with Crippen LogP contribution >= 0.6 is 28.3 Å². The number of piperidine rings is 1. The molecule has 0 radical (unpaired) electrons. The van der Waals surface area contributed by atoms with Crippen LogP contribution in [0.15, 0.2) is 27.6 Å². The van der Waals surface area contributed by atoms with Crippen LogP contribution in [0.3, 0.4) is 0 Å². The molecular weight excluding hydrogens is 383 g/mol. The highest BCUT2D eigenvalue weighted by Gasteiger charge is 2.31. The molecule has 1 aromatic rings. The second kappa shape index (κ2) is 7.87. The Balaban J connectivity index is 0.00000220. The van der Waals surface area contributed by atoms with Crippen LogP contribution in [0, 0.1) is 11.7 Å². The second-order valence-corrected chi connectivity index (χ2v) is 7.80. The summed E-state index contributed by atoms with van der Waals surface area (Å²) in [7, 11) is -1.86. The molecule has 0 bridgehead atoms. The van der Waals surface area contributed by atoms with E-state index < -0.39 is 15.8 Å². The summed E-state index contributed by atoms with van der Waals surface area (Å²) in [4.78, 5) is -0.251. The van der Waals surface area contributed by atoms with Crippen molar-refractivity contribution in [3.63, 3.8) is 0 Å². The largest absolute Gasteiger partial charge is 0.319 e. The Labute approximate surface area is 139 Å². The average molecular weight is 402 g/mol. The zero-order valence-electron chi connectivity index (χ0n) is 11.7. The molecule has 0 unspecified atom stereocenters. The number of nitrogens with zero attached hydrogens (tertiary/aromatic N) is 1. The molecule has 8 heteroatoms. The lowest BCUT2D eigenvalue weighted by Gasteiger charge is -2.31. The zero-order valence-corrected chi connectivity index (χ0v) is 14.9. The molecule has 2 rings (SSSR count). The smallest absolute Gasteiger partial charge is 0.246 e. The summed E-state index contributed by atoms with van der Waals surface area (Å²) in [6, 6.07) is 3.99. The molecule has 0 aromatic heterocycles. The molecule has 1 aliphatic rings. The lowest BCUT2D eigenvalue weighted by molar-refractivity contribution is 0.270. The molecule has 1 aromatic carbocycles. The van der Waals surface area contributed by atoms with Crippen LogP contribution in [0.1, 0.15) is 12.8 Å². The second-order valence-electron chi connectivity index (χ2n) is 4.98. The molecule has 0 saturated carbocycles. The third-order valence-corrected chi connectivity index (χ3v) is 5.98. The fourth-order valence-corrected chi connectivity index (χ4v) is 4.53. The van der Waals surface area contributed by atoms with Gasteiger partial charge in [-0.05, 0) is 50.6 Å². The van der Waals surface area contributed by atoms with Crippen LogP contribution in [0.5, 0.6) is 0 Å². The van der Waals surface area contributed by atoms with E-state index in [0.717, 1.165) is 19.4 Å². The first-order valence-electron chi connectivity index (χ1n) is 6.55. The van der Waals surface area contributed by atoms with Crippen LogP contribution in [0.25, 0.3) is 0 Å². The number of nitrogens with one attached hydrogen (secondary N) is 1. The van der Waals surface area contributed by atoms with Crippen molar-refractivity contribution in [1.29, 1.82) is 0 Å². The molecule has 0 atom stereocenters. The molecule has 1 heterocycles. The highest BCUT2D eigenvalue weighted by molar-refractivity contribution is 9.10. The van der Waals surface area contributed by atoms with Crippen molar-refractivity contribution in [2.24, 2.45) is 5.92 Å². The fraction of sp³-hybridized carbons (Fsp3) is 0.538. The Bertz CT molecular complexity index is 578. The molecule has 0 spiro atoms. The van der Waals surface area contributed by atoms with Crippen LogP contribution in [-0.4, -0.2) is 39.4 Å². The van der Waals surface area contributed by atoms with E-state index in [1.165, 1.54) is 22.5 Å². The molecule has 1 aliphatic heterocycles. The Kier molecular flexibility index (Phi) is 7.06. The monoisotopic (exact) mass is 400 g/mol. The zero-order chi connectivity index (χ0) is 14.8. The third-order valence-electron chi connectivity index (χ3n) is 3.58. The Hall–Kier alpha value is -0.210. The summed E-state index contributed by atoms with van der Waals surface area (Å²) in [5.41, 5.74) is 0. The lowest BCUT2D eigenvalue weighted by atomic mass is 9.98. The van der Waals surface area contributed by atoms with Gasteiger partial charge in [-0.2, -0.15) is 4.31 Å². The van der Waals surface area contributed by atoms with Crippen LogP contribution in [-0.2, 0) is 10.0 Å². The molecule has 1 saturated heterocycles. The summed E-state index contributed by atoms with van der Waals surface area (Å²) in [5, 5.41) is 3.11. The highest BCUT2D eigenvalue weighted by atomic mass is 79.9. The number of rotatable bonds is 4. The number of sulfonamides is 1. The molecule has 1 fully saturated rings. The van der Waals surface area contributed by atoms with Gasteiger partial charge in [0.1, 0.15) is 10.7 Å². The molecule has 120 valence electrons. The topological polar surface area (TPSA) is 49.4 Å². The fourth-order valence-electron chi connectivity index (χ4n) is 2.46. The van der Waals surface area contributed by atoms with E-state index in [-0.39, 0.29) is 17.3 Å². The highest BCUT2D eigenvalue weighted by Crippen LogP contribution is 2.27. The van der Waals surface area contributed by atoms with Gasteiger partial charge in [-0.25, -0.2) is 12.8 Å². The molecule has 0 aliphatic carbocycles. The van der Waals surface area contributed by atoms with Crippen molar-refractivity contribution < 1.29 is 12.8 Å². The van der Waals surface area contributed by atoms with Crippen molar-refractivity contribution in [1.82, 2.24) is 9.62 Å². The minimum absolute atomic E-state index is 0. The van der Waals surface area contributed by atoms with Crippen molar-refractivity contribution in [2.45, 2.75) is 17.7 Å². The quantitative estimate of drug-likeness (QED) is 0.844. The van der Waals surface area contributed by atoms with Gasteiger partial charge in [0.25, 0.3) is 0 Å². The van der Waals surface area contributed by atoms with E-state index in [1.807, 2.05) is 7.05 Å². The standard InChI is InChI=1S/C13H18BrFN2O2S.ClH/c1-16-9-10-4-6-17(7-5-10)20(18,19)13-8-11(14)2-3-12(13)15;/h2-3,8,10,16H,4-7,9H2,1H3;1H. The van der Waals surface area contributed by atoms with Gasteiger partial charge in [-0.1, -0.05) is 15.9 Å². The van der Waals surface area contributed by atoms with E-state index in [4.69, 9.17) is 0 Å². The van der Waals surface area contributed by atoms with Crippen molar-refractivity contribution >= 4 is 38.4 Å². The first-order valence-corrected chi connectivity index (χ1v) is 8.78. The van der Waals surface area contributed by atoms with Gasteiger partial charge in [-0.3, -0.25) is 0 Å². The SMILES string of the molecule is CNCC1CCN(S(=O)(=O)c2cc(Br)ccc2F)CC1.Cl. The predicted octanol–water partition coefficient (Wildman–Crippen LogP) is 2.63. The maximum absolute atomic E-state index is 13.8.